The lowest BCUT2D eigenvalue weighted by molar-refractivity contribution is -0.133. The summed E-state index contributed by atoms with van der Waals surface area (Å²) >= 11 is 7.29. The van der Waals surface area contributed by atoms with E-state index in [-0.39, 0.29) is 29.1 Å². The van der Waals surface area contributed by atoms with Gasteiger partial charge in [-0.15, -0.1) is 11.3 Å². The third-order valence-electron chi connectivity index (χ3n) is 6.99. The highest BCUT2D eigenvalue weighted by atomic mass is 79.9. The maximum absolute atomic E-state index is 13.8. The first kappa shape index (κ1) is 24.1. The second-order valence-corrected chi connectivity index (χ2v) is 13.1. The summed E-state index contributed by atoms with van der Waals surface area (Å²) < 4.78 is 2.39. The van der Waals surface area contributed by atoms with Crippen LogP contribution in [0.25, 0.3) is 0 Å². The van der Waals surface area contributed by atoms with Gasteiger partial charge in [0.25, 0.3) is 0 Å². The number of carbonyl (C=O) groups excluding carboxylic acids is 3. The fourth-order valence-electron chi connectivity index (χ4n) is 5.25. The van der Waals surface area contributed by atoms with Crippen LogP contribution in [0, 0.1) is 5.92 Å². The molecule has 36 heavy (non-hydrogen) atoms. The molecule has 3 amide bonds. The number of thiophene rings is 1. The smallest absolute Gasteiger partial charge is 0.308 e. The van der Waals surface area contributed by atoms with Gasteiger partial charge < -0.3 is 4.90 Å². The zero-order valence-electron chi connectivity index (χ0n) is 19.1. The number of amides is 3. The number of halogens is 1. The number of nitrogens with zero attached hydrogens (tertiary/aromatic N) is 3. The van der Waals surface area contributed by atoms with E-state index in [0.29, 0.717) is 23.8 Å². The van der Waals surface area contributed by atoms with Crippen molar-refractivity contribution in [1.82, 2.24) is 9.47 Å². The number of carbonyl (C=O) groups is 3. The van der Waals surface area contributed by atoms with Crippen molar-refractivity contribution in [3.63, 3.8) is 0 Å². The molecule has 0 aliphatic carbocycles. The Morgan fingerprint density at radius 3 is 2.44 bits per heavy atom. The Morgan fingerprint density at radius 2 is 1.75 bits per heavy atom. The van der Waals surface area contributed by atoms with Crippen molar-refractivity contribution in [2.75, 3.05) is 18.0 Å². The summed E-state index contributed by atoms with van der Waals surface area (Å²) in [5.41, 5.74) is 0.536. The van der Waals surface area contributed by atoms with Crippen molar-refractivity contribution < 1.29 is 14.4 Å². The van der Waals surface area contributed by atoms with Gasteiger partial charge in [0.05, 0.1) is 16.6 Å². The molecule has 2 fully saturated rings. The van der Waals surface area contributed by atoms with Crippen molar-refractivity contribution in [3.8, 4) is 0 Å². The lowest BCUT2D eigenvalue weighted by Crippen LogP contribution is -2.39. The first-order chi connectivity index (χ1) is 17.4. The zero-order chi connectivity index (χ0) is 25.0. The highest BCUT2D eigenvalue weighted by molar-refractivity contribution is 9.10. The number of anilines is 1. The van der Waals surface area contributed by atoms with Crippen molar-refractivity contribution in [3.05, 3.63) is 65.7 Å². The van der Waals surface area contributed by atoms with Gasteiger partial charge in [-0.2, -0.15) is 0 Å². The Kier molecular flexibility index (Phi) is 6.43. The SMILES string of the molecule is O=C(Cn1c2c(sc1=O)C(c1cccs1)C1C(=O)N(c3ccc(Br)cc3)C(=O)C1S2)N1CCCCC1. The molecule has 0 N–H and O–H groups in total. The topological polar surface area (TPSA) is 79.7 Å². The van der Waals surface area contributed by atoms with E-state index < -0.39 is 17.1 Å². The second kappa shape index (κ2) is 9.59. The Balaban J connectivity index is 1.41. The highest BCUT2D eigenvalue weighted by Gasteiger charge is 2.57. The van der Waals surface area contributed by atoms with Crippen LogP contribution in [0.2, 0.25) is 0 Å². The molecule has 0 spiro atoms. The fraction of sp³-hybridized carbons (Fsp3) is 0.360. The largest absolute Gasteiger partial charge is 0.341 e. The van der Waals surface area contributed by atoms with E-state index in [9.17, 15) is 19.2 Å². The lowest BCUT2D eigenvalue weighted by Gasteiger charge is -2.30. The van der Waals surface area contributed by atoms with Gasteiger partial charge >= 0.3 is 4.87 Å². The van der Waals surface area contributed by atoms with Crippen LogP contribution in [0.1, 0.15) is 34.9 Å². The van der Waals surface area contributed by atoms with E-state index in [1.54, 1.807) is 12.1 Å². The van der Waals surface area contributed by atoms with Crippen molar-refractivity contribution in [1.29, 1.82) is 0 Å². The standard InChI is InChI=1S/C25H22BrN3O4S3/c26-14-6-8-15(9-7-14)29-22(31)19-18(16-5-4-12-34-16)21-24(35-20(19)23(29)32)28(25(33)36-21)13-17(30)27-10-2-1-3-11-27/h4-9,12,18-20H,1-3,10-11,13H2. The molecule has 0 bridgehead atoms. The number of hydrogen-bond donors (Lipinski definition) is 0. The van der Waals surface area contributed by atoms with Crippen LogP contribution in [0.15, 0.2) is 56.1 Å². The van der Waals surface area contributed by atoms with Crippen molar-refractivity contribution in [2.45, 2.75) is 42.0 Å². The van der Waals surface area contributed by atoms with Gasteiger partial charge in [0.1, 0.15) is 11.8 Å². The van der Waals surface area contributed by atoms with Gasteiger partial charge in [-0.1, -0.05) is 45.1 Å². The van der Waals surface area contributed by atoms with E-state index in [2.05, 4.69) is 15.9 Å². The Bertz CT molecular complexity index is 1390. The lowest BCUT2D eigenvalue weighted by atomic mass is 9.87. The van der Waals surface area contributed by atoms with Gasteiger partial charge in [-0.25, -0.2) is 4.90 Å². The molecule has 3 atom stereocenters. The minimum absolute atomic E-state index is 0.0369. The molecule has 0 radical (unpaired) electrons. The van der Waals surface area contributed by atoms with E-state index in [0.717, 1.165) is 44.8 Å². The molecular formula is C25H22BrN3O4S3. The maximum Gasteiger partial charge on any atom is 0.308 e. The normalized spacial score (nSPS) is 23.6. The summed E-state index contributed by atoms with van der Waals surface area (Å²) in [6.45, 7) is 1.39. The average Bonchev–Trinajstić information content (AvgIpc) is 3.58. The summed E-state index contributed by atoms with van der Waals surface area (Å²) in [6, 6.07) is 11.0. The second-order valence-electron chi connectivity index (χ2n) is 9.11. The molecule has 7 nitrogen and oxygen atoms in total. The van der Waals surface area contributed by atoms with E-state index >= 15 is 0 Å². The van der Waals surface area contributed by atoms with E-state index in [1.165, 1.54) is 32.6 Å². The molecule has 2 saturated heterocycles. The van der Waals surface area contributed by atoms with Crippen LogP contribution in [-0.4, -0.2) is 45.5 Å². The third kappa shape index (κ3) is 4.00. The minimum Gasteiger partial charge on any atom is -0.341 e. The molecule has 6 rings (SSSR count). The summed E-state index contributed by atoms with van der Waals surface area (Å²) in [7, 11) is 0. The van der Waals surface area contributed by atoms with Gasteiger partial charge in [0.2, 0.25) is 17.7 Å². The van der Waals surface area contributed by atoms with Gasteiger partial charge in [0.15, 0.2) is 0 Å². The number of likely N-dealkylation sites (tertiary alicyclic amines) is 1. The summed E-state index contributed by atoms with van der Waals surface area (Å²) in [5.74, 6) is -1.61. The van der Waals surface area contributed by atoms with Crippen LogP contribution >= 0.6 is 50.4 Å². The van der Waals surface area contributed by atoms with Crippen molar-refractivity contribution >= 4 is 73.8 Å². The summed E-state index contributed by atoms with van der Waals surface area (Å²) in [6.07, 6.45) is 3.07. The molecule has 2 aromatic heterocycles. The molecule has 186 valence electrons. The predicted molar refractivity (Wildman–Crippen MR) is 145 cm³/mol. The molecule has 3 aliphatic heterocycles. The molecule has 11 heteroatoms. The fourth-order valence-corrected chi connectivity index (χ4v) is 9.24. The zero-order valence-corrected chi connectivity index (χ0v) is 23.1. The number of thioether (sulfide) groups is 1. The first-order valence-electron chi connectivity index (χ1n) is 11.8. The first-order valence-corrected chi connectivity index (χ1v) is 15.2. The third-order valence-corrected chi connectivity index (χ3v) is 11.1. The predicted octanol–water partition coefficient (Wildman–Crippen LogP) is 4.54. The van der Waals surface area contributed by atoms with Crippen LogP contribution in [0.3, 0.4) is 0 Å². The molecule has 5 heterocycles. The van der Waals surface area contributed by atoms with E-state index in [4.69, 9.17) is 0 Å². The number of hydrogen-bond acceptors (Lipinski definition) is 7. The number of piperidine rings is 1. The average molecular weight is 605 g/mol. The molecule has 3 unspecified atom stereocenters. The number of benzene rings is 1. The van der Waals surface area contributed by atoms with Crippen LogP contribution < -0.4 is 9.77 Å². The number of thiazole rings is 1. The molecule has 1 aromatic carbocycles. The number of rotatable bonds is 4. The van der Waals surface area contributed by atoms with Crippen LogP contribution in [0.4, 0.5) is 5.69 Å². The summed E-state index contributed by atoms with van der Waals surface area (Å²) in [5, 5.41) is 1.93. The number of aromatic nitrogens is 1. The molecular weight excluding hydrogens is 582 g/mol. The highest BCUT2D eigenvalue weighted by Crippen LogP contribution is 2.54. The summed E-state index contributed by atoms with van der Waals surface area (Å²) in [4.78, 5) is 58.3. The molecule has 3 aromatic rings. The van der Waals surface area contributed by atoms with Crippen LogP contribution in [-0.2, 0) is 20.9 Å². The molecule has 3 aliphatic rings. The Hall–Kier alpha value is -2.21. The number of imide groups is 1. The maximum atomic E-state index is 13.8. The number of fused-ring (bicyclic) bond motifs is 2. The van der Waals surface area contributed by atoms with Crippen LogP contribution in [0.5, 0.6) is 0 Å². The van der Waals surface area contributed by atoms with E-state index in [1.807, 2.05) is 34.5 Å². The Labute approximate surface area is 228 Å². The minimum atomic E-state index is -0.661. The van der Waals surface area contributed by atoms with Gasteiger partial charge in [-0.3, -0.25) is 23.7 Å². The van der Waals surface area contributed by atoms with Crippen molar-refractivity contribution in [2.24, 2.45) is 5.92 Å². The molecule has 0 saturated carbocycles. The monoisotopic (exact) mass is 603 g/mol. The Morgan fingerprint density at radius 1 is 1.00 bits per heavy atom. The van der Waals surface area contributed by atoms with Gasteiger partial charge in [0, 0.05) is 33.2 Å². The van der Waals surface area contributed by atoms with Gasteiger partial charge in [-0.05, 0) is 55.0 Å². The quantitative estimate of drug-likeness (QED) is 0.409.